The minimum Gasteiger partial charge on any atom is -0.511 e. The van der Waals surface area contributed by atoms with Gasteiger partial charge >= 0.3 is 0 Å². The molecule has 0 heterocycles. The number of rotatable bonds is 3. The Labute approximate surface area is 80.9 Å². The van der Waals surface area contributed by atoms with Gasteiger partial charge < -0.3 is 10.4 Å². The molecule has 1 aromatic rings. The van der Waals surface area contributed by atoms with Crippen LogP contribution in [-0.2, 0) is 0 Å². The van der Waals surface area contributed by atoms with Crippen LogP contribution in [0.2, 0.25) is 0 Å². The van der Waals surface area contributed by atoms with Gasteiger partial charge in [0.15, 0.2) is 0 Å². The van der Waals surface area contributed by atoms with Gasteiger partial charge in [0.1, 0.15) is 5.76 Å². The highest BCUT2D eigenvalue weighted by atomic mass is 31.0. The summed E-state index contributed by atoms with van der Waals surface area (Å²) in [6, 6.07) is 6.07. The van der Waals surface area contributed by atoms with Crippen LogP contribution in [-0.4, -0.2) is 11.7 Å². The molecule has 1 atom stereocenters. The quantitative estimate of drug-likeness (QED) is 0.571. The highest BCUT2D eigenvalue weighted by molar-refractivity contribution is 7.28. The van der Waals surface area contributed by atoms with Crippen molar-refractivity contribution in [2.75, 3.05) is 11.9 Å². The maximum atomic E-state index is 8.90. The molecule has 70 valence electrons. The largest absolute Gasteiger partial charge is 0.511 e. The summed E-state index contributed by atoms with van der Waals surface area (Å²) in [5.41, 5.74) is 2.23. The van der Waals surface area contributed by atoms with Crippen molar-refractivity contribution in [2.24, 2.45) is 0 Å². The fourth-order valence-electron chi connectivity index (χ4n) is 1.04. The molecule has 0 aliphatic carbocycles. The summed E-state index contributed by atoms with van der Waals surface area (Å²) in [6.45, 7) is 5.84. The average Bonchev–Trinajstić information content (AvgIpc) is 2.02. The molecular formula is C10H14NOP. The SMILES string of the molecule is C=C(O)CNc1ccc(C)cc1P. The van der Waals surface area contributed by atoms with Crippen LogP contribution in [0.1, 0.15) is 5.56 Å². The minimum absolute atomic E-state index is 0.143. The number of aliphatic hydroxyl groups excluding tert-OH is 1. The van der Waals surface area contributed by atoms with Crippen molar-refractivity contribution in [1.29, 1.82) is 0 Å². The second kappa shape index (κ2) is 4.29. The number of benzene rings is 1. The van der Waals surface area contributed by atoms with Gasteiger partial charge in [0.2, 0.25) is 0 Å². The van der Waals surface area contributed by atoms with E-state index in [0.29, 0.717) is 6.54 Å². The normalized spacial score (nSPS) is 9.69. The van der Waals surface area contributed by atoms with Crippen molar-refractivity contribution < 1.29 is 5.11 Å². The molecule has 0 radical (unpaired) electrons. The summed E-state index contributed by atoms with van der Waals surface area (Å²) in [4.78, 5) is 0. The standard InChI is InChI=1S/C10H14NOP/c1-7-3-4-9(10(13)5-7)11-6-8(2)12/h3-5,11-12H,2,6,13H2,1H3. The third-order valence-electron chi connectivity index (χ3n) is 1.69. The molecule has 3 heteroatoms. The highest BCUT2D eigenvalue weighted by Gasteiger charge is 1.97. The predicted molar refractivity (Wildman–Crippen MR) is 60.8 cm³/mol. The van der Waals surface area contributed by atoms with Crippen LogP contribution in [0.15, 0.2) is 30.5 Å². The first kappa shape index (κ1) is 10.1. The van der Waals surface area contributed by atoms with Gasteiger partial charge in [0.05, 0.1) is 6.54 Å². The lowest BCUT2D eigenvalue weighted by Crippen LogP contribution is -2.09. The van der Waals surface area contributed by atoms with E-state index >= 15 is 0 Å². The highest BCUT2D eigenvalue weighted by Crippen LogP contribution is 2.09. The summed E-state index contributed by atoms with van der Waals surface area (Å²) < 4.78 is 0. The summed E-state index contributed by atoms with van der Waals surface area (Å²) in [6.07, 6.45) is 0. The monoisotopic (exact) mass is 195 g/mol. The third-order valence-corrected chi connectivity index (χ3v) is 2.17. The van der Waals surface area contributed by atoms with E-state index in [2.05, 4.69) is 27.2 Å². The van der Waals surface area contributed by atoms with Crippen LogP contribution in [0, 0.1) is 6.92 Å². The summed E-state index contributed by atoms with van der Waals surface area (Å²) in [7, 11) is 2.65. The lowest BCUT2D eigenvalue weighted by molar-refractivity contribution is 0.410. The maximum Gasteiger partial charge on any atom is 0.104 e. The van der Waals surface area contributed by atoms with Crippen molar-refractivity contribution >= 4 is 20.2 Å². The molecule has 0 spiro atoms. The minimum atomic E-state index is 0.143. The summed E-state index contributed by atoms with van der Waals surface area (Å²) in [5.74, 6) is 0.143. The summed E-state index contributed by atoms with van der Waals surface area (Å²) >= 11 is 0. The molecule has 2 N–H and O–H groups in total. The fraction of sp³-hybridized carbons (Fsp3) is 0.200. The van der Waals surface area contributed by atoms with Crippen LogP contribution in [0.3, 0.4) is 0 Å². The molecule has 13 heavy (non-hydrogen) atoms. The van der Waals surface area contributed by atoms with E-state index in [9.17, 15) is 0 Å². The lowest BCUT2D eigenvalue weighted by atomic mass is 10.2. The van der Waals surface area contributed by atoms with Gasteiger partial charge in [-0.25, -0.2) is 0 Å². The molecule has 1 aromatic carbocycles. The third kappa shape index (κ3) is 3.08. The Balaban J connectivity index is 2.72. The zero-order valence-corrected chi connectivity index (χ0v) is 8.83. The Morgan fingerprint density at radius 2 is 2.31 bits per heavy atom. The maximum absolute atomic E-state index is 8.90. The number of anilines is 1. The Hall–Kier alpha value is -1.01. The van der Waals surface area contributed by atoms with E-state index in [1.165, 1.54) is 5.56 Å². The first-order valence-corrected chi connectivity index (χ1v) is 4.64. The molecule has 0 aliphatic rings. The molecule has 0 bridgehead atoms. The van der Waals surface area contributed by atoms with E-state index in [-0.39, 0.29) is 5.76 Å². The van der Waals surface area contributed by atoms with Gasteiger partial charge in [-0.2, -0.15) is 0 Å². The second-order valence-corrected chi connectivity index (χ2v) is 3.63. The van der Waals surface area contributed by atoms with E-state index in [0.717, 1.165) is 11.0 Å². The number of nitrogens with one attached hydrogen (secondary N) is 1. The lowest BCUT2D eigenvalue weighted by Gasteiger charge is -2.08. The van der Waals surface area contributed by atoms with Crippen molar-refractivity contribution in [3.63, 3.8) is 0 Å². The topological polar surface area (TPSA) is 32.3 Å². The van der Waals surface area contributed by atoms with Crippen molar-refractivity contribution in [2.45, 2.75) is 6.92 Å². The molecule has 0 saturated heterocycles. The van der Waals surface area contributed by atoms with Gasteiger partial charge in [-0.05, 0) is 18.3 Å². The van der Waals surface area contributed by atoms with Crippen LogP contribution in [0.5, 0.6) is 0 Å². The zero-order chi connectivity index (χ0) is 9.84. The van der Waals surface area contributed by atoms with E-state index in [4.69, 9.17) is 5.11 Å². The molecule has 1 rings (SSSR count). The molecule has 0 amide bonds. The Morgan fingerprint density at radius 1 is 1.62 bits per heavy atom. The van der Waals surface area contributed by atoms with Crippen molar-refractivity contribution in [1.82, 2.24) is 0 Å². The van der Waals surface area contributed by atoms with Gasteiger partial charge in [0.25, 0.3) is 0 Å². The van der Waals surface area contributed by atoms with E-state index in [1.54, 1.807) is 0 Å². The molecule has 0 fully saturated rings. The first-order valence-electron chi connectivity index (χ1n) is 4.06. The molecular weight excluding hydrogens is 181 g/mol. The second-order valence-electron chi connectivity index (χ2n) is 3.01. The van der Waals surface area contributed by atoms with Gasteiger partial charge in [-0.3, -0.25) is 0 Å². The Morgan fingerprint density at radius 3 is 2.85 bits per heavy atom. The van der Waals surface area contributed by atoms with Gasteiger partial charge in [-0.15, -0.1) is 9.24 Å². The van der Waals surface area contributed by atoms with Crippen LogP contribution >= 0.6 is 9.24 Å². The van der Waals surface area contributed by atoms with E-state index < -0.39 is 0 Å². The zero-order valence-electron chi connectivity index (χ0n) is 7.67. The molecule has 2 nitrogen and oxygen atoms in total. The van der Waals surface area contributed by atoms with E-state index in [1.807, 2.05) is 19.1 Å². The first-order chi connectivity index (χ1) is 6.09. The molecule has 0 saturated carbocycles. The van der Waals surface area contributed by atoms with Crippen molar-refractivity contribution in [3.05, 3.63) is 36.1 Å². The Kier molecular flexibility index (Phi) is 3.32. The van der Waals surface area contributed by atoms with Crippen LogP contribution in [0.25, 0.3) is 0 Å². The molecule has 0 aromatic heterocycles. The van der Waals surface area contributed by atoms with Crippen LogP contribution in [0.4, 0.5) is 5.69 Å². The number of hydrogen-bond acceptors (Lipinski definition) is 2. The fourth-order valence-corrected chi connectivity index (χ4v) is 1.50. The molecule has 0 aliphatic heterocycles. The Bertz CT molecular complexity index is 323. The average molecular weight is 195 g/mol. The predicted octanol–water partition coefficient (Wildman–Crippen LogP) is 1.98. The van der Waals surface area contributed by atoms with Gasteiger partial charge in [-0.1, -0.05) is 24.3 Å². The van der Waals surface area contributed by atoms with Crippen molar-refractivity contribution in [3.8, 4) is 0 Å². The number of aryl methyl sites for hydroxylation is 1. The molecule has 1 unspecified atom stereocenters. The smallest absolute Gasteiger partial charge is 0.104 e. The summed E-state index contributed by atoms with van der Waals surface area (Å²) in [5, 5.41) is 13.1. The number of aliphatic hydroxyl groups is 1. The van der Waals surface area contributed by atoms with Gasteiger partial charge in [0, 0.05) is 5.69 Å². The number of hydrogen-bond donors (Lipinski definition) is 2. The van der Waals surface area contributed by atoms with Crippen LogP contribution < -0.4 is 10.6 Å².